The predicted molar refractivity (Wildman–Crippen MR) is 94.7 cm³/mol. The topological polar surface area (TPSA) is 55.8 Å². The Morgan fingerprint density at radius 1 is 1.10 bits per heavy atom. The van der Waals surface area contributed by atoms with Gasteiger partial charge >= 0.3 is 12.8 Å². The molecule has 0 aliphatic rings. The maximum atomic E-state index is 13.3. The summed E-state index contributed by atoms with van der Waals surface area (Å²) in [6, 6.07) is 6.02. The molecular formula is C17H15ClF5NO4S. The Labute approximate surface area is 168 Å². The summed E-state index contributed by atoms with van der Waals surface area (Å²) in [6.45, 7) is -3.45. The molecule has 0 bridgehead atoms. The molecule has 0 N–H and O–H groups in total. The van der Waals surface area contributed by atoms with Crippen molar-refractivity contribution < 1.29 is 39.8 Å². The summed E-state index contributed by atoms with van der Waals surface area (Å²) in [6.07, 6.45) is -4.94. The summed E-state index contributed by atoms with van der Waals surface area (Å²) in [7, 11) is -2.27. The largest absolute Gasteiger partial charge is 0.493 e. The Kier molecular flexibility index (Phi) is 6.97. The van der Waals surface area contributed by atoms with Gasteiger partial charge in [0.2, 0.25) is 10.0 Å². The number of halogens is 6. The van der Waals surface area contributed by atoms with Crippen LogP contribution in [0.3, 0.4) is 0 Å². The first-order valence-corrected chi connectivity index (χ1v) is 9.63. The number of alkyl halides is 5. The van der Waals surface area contributed by atoms with E-state index >= 15 is 0 Å². The number of ether oxygens (including phenoxy) is 2. The van der Waals surface area contributed by atoms with E-state index in [1.807, 2.05) is 0 Å². The van der Waals surface area contributed by atoms with Gasteiger partial charge in [-0.25, -0.2) is 8.42 Å². The van der Waals surface area contributed by atoms with E-state index < -0.39 is 33.3 Å². The molecule has 12 heteroatoms. The van der Waals surface area contributed by atoms with Gasteiger partial charge in [0.05, 0.1) is 17.6 Å². The lowest BCUT2D eigenvalue weighted by Gasteiger charge is -2.21. The number of nitrogens with zero attached hydrogens (tertiary/aromatic N) is 1. The number of methoxy groups -OCH3 is 1. The van der Waals surface area contributed by atoms with Crippen LogP contribution in [0.15, 0.2) is 41.3 Å². The molecule has 160 valence electrons. The highest BCUT2D eigenvalue weighted by Crippen LogP contribution is 2.37. The maximum Gasteiger partial charge on any atom is 0.417 e. The third kappa shape index (κ3) is 5.49. The lowest BCUT2D eigenvalue weighted by molar-refractivity contribution is -0.139. The van der Waals surface area contributed by atoms with E-state index in [9.17, 15) is 30.4 Å². The van der Waals surface area contributed by atoms with Gasteiger partial charge in [0.25, 0.3) is 0 Å². The monoisotopic (exact) mass is 459 g/mol. The van der Waals surface area contributed by atoms with E-state index in [1.54, 1.807) is 0 Å². The van der Waals surface area contributed by atoms with Crippen molar-refractivity contribution in [2.24, 2.45) is 0 Å². The van der Waals surface area contributed by atoms with Gasteiger partial charge in [-0.3, -0.25) is 0 Å². The van der Waals surface area contributed by atoms with Crippen LogP contribution in [0, 0.1) is 0 Å². The summed E-state index contributed by atoms with van der Waals surface area (Å²) < 4.78 is 99.9. The Hall–Kier alpha value is -2.11. The number of hydrogen-bond donors (Lipinski definition) is 0. The van der Waals surface area contributed by atoms with Crippen molar-refractivity contribution in [2.75, 3.05) is 14.2 Å². The number of sulfonamides is 1. The summed E-state index contributed by atoms with van der Waals surface area (Å²) in [5.74, 6) is -0.357. The highest BCUT2D eigenvalue weighted by Gasteiger charge is 2.38. The quantitative estimate of drug-likeness (QED) is 0.559. The molecule has 0 aliphatic heterocycles. The van der Waals surface area contributed by atoms with Gasteiger partial charge in [0.15, 0.2) is 11.5 Å². The van der Waals surface area contributed by atoms with E-state index in [0.29, 0.717) is 10.4 Å². The second-order valence-electron chi connectivity index (χ2n) is 5.76. The van der Waals surface area contributed by atoms with Crippen LogP contribution in [0.25, 0.3) is 0 Å². The number of rotatable bonds is 7. The minimum Gasteiger partial charge on any atom is -0.493 e. The second kappa shape index (κ2) is 8.72. The second-order valence-corrected chi connectivity index (χ2v) is 8.21. The molecule has 0 radical (unpaired) electrons. The molecule has 0 atom stereocenters. The number of hydrogen-bond acceptors (Lipinski definition) is 4. The fourth-order valence-corrected chi connectivity index (χ4v) is 3.98. The minimum atomic E-state index is -4.94. The van der Waals surface area contributed by atoms with E-state index in [-0.39, 0.29) is 28.6 Å². The van der Waals surface area contributed by atoms with Crippen molar-refractivity contribution >= 4 is 21.6 Å². The van der Waals surface area contributed by atoms with Gasteiger partial charge in [-0.05, 0) is 35.9 Å². The first-order valence-electron chi connectivity index (χ1n) is 7.81. The lowest BCUT2D eigenvalue weighted by Crippen LogP contribution is -2.28. The molecule has 0 amide bonds. The molecule has 0 unspecified atom stereocenters. The lowest BCUT2D eigenvalue weighted by atomic mass is 10.2. The third-order valence-corrected chi connectivity index (χ3v) is 5.88. The van der Waals surface area contributed by atoms with Crippen molar-refractivity contribution in [3.05, 3.63) is 52.5 Å². The highest BCUT2D eigenvalue weighted by molar-refractivity contribution is 7.89. The predicted octanol–water partition coefficient (Wildman–Crippen LogP) is 4.79. The molecule has 0 spiro atoms. The maximum absolute atomic E-state index is 13.3. The normalized spacial score (nSPS) is 12.5. The van der Waals surface area contributed by atoms with Crippen molar-refractivity contribution in [2.45, 2.75) is 24.2 Å². The Morgan fingerprint density at radius 2 is 1.76 bits per heavy atom. The van der Waals surface area contributed by atoms with Gasteiger partial charge in [-0.15, -0.1) is 0 Å². The Morgan fingerprint density at radius 3 is 2.31 bits per heavy atom. The summed E-state index contributed by atoms with van der Waals surface area (Å²) in [5, 5.41) is -0.265. The Bertz CT molecular complexity index is 982. The van der Waals surface area contributed by atoms with E-state index in [0.717, 1.165) is 25.2 Å². The molecule has 2 rings (SSSR count). The molecule has 5 nitrogen and oxygen atoms in total. The molecule has 0 aromatic heterocycles. The molecule has 0 aliphatic carbocycles. The van der Waals surface area contributed by atoms with E-state index in [4.69, 9.17) is 16.3 Å². The fraction of sp³-hybridized carbons (Fsp3) is 0.294. The molecule has 0 saturated carbocycles. The SMILES string of the molecule is COc1cc(CN(C)S(=O)(=O)c2ccc(Cl)cc2C(F)(F)F)ccc1OC(F)F. The third-order valence-electron chi connectivity index (χ3n) is 3.78. The van der Waals surface area contributed by atoms with Crippen LogP contribution in [0.5, 0.6) is 11.5 Å². The van der Waals surface area contributed by atoms with Crippen LogP contribution in [0.1, 0.15) is 11.1 Å². The first-order chi connectivity index (χ1) is 13.4. The first kappa shape index (κ1) is 23.2. The van der Waals surface area contributed by atoms with Crippen LogP contribution in [-0.2, 0) is 22.7 Å². The zero-order chi connectivity index (χ0) is 22.0. The summed E-state index contributed by atoms with van der Waals surface area (Å²) >= 11 is 5.58. The van der Waals surface area contributed by atoms with Crippen LogP contribution in [0.2, 0.25) is 5.02 Å². The van der Waals surface area contributed by atoms with Gasteiger partial charge in [-0.1, -0.05) is 17.7 Å². The van der Waals surface area contributed by atoms with Crippen molar-refractivity contribution in [3.63, 3.8) is 0 Å². The van der Waals surface area contributed by atoms with Crippen molar-refractivity contribution in [3.8, 4) is 11.5 Å². The van der Waals surface area contributed by atoms with Crippen LogP contribution in [0.4, 0.5) is 22.0 Å². The molecule has 29 heavy (non-hydrogen) atoms. The Balaban J connectivity index is 2.37. The van der Waals surface area contributed by atoms with Crippen molar-refractivity contribution in [1.29, 1.82) is 0 Å². The zero-order valence-corrected chi connectivity index (χ0v) is 16.6. The van der Waals surface area contributed by atoms with Crippen LogP contribution < -0.4 is 9.47 Å². The zero-order valence-electron chi connectivity index (χ0n) is 15.0. The standard InChI is InChI=1S/C17H15ClF5NO4S/c1-24(9-10-3-5-13(28-16(19)20)14(7-10)27-2)29(25,26)15-6-4-11(18)8-12(15)17(21,22)23/h3-8,16H,9H2,1-2H3. The fourth-order valence-electron chi connectivity index (χ4n) is 2.46. The average Bonchev–Trinajstić information content (AvgIpc) is 2.61. The molecule has 2 aromatic rings. The van der Waals surface area contributed by atoms with Crippen molar-refractivity contribution in [1.82, 2.24) is 4.31 Å². The van der Waals surface area contributed by atoms with Gasteiger partial charge in [0, 0.05) is 18.6 Å². The van der Waals surface area contributed by atoms with E-state index in [2.05, 4.69) is 4.74 Å². The van der Waals surface area contributed by atoms with E-state index in [1.165, 1.54) is 19.2 Å². The molecule has 0 saturated heterocycles. The van der Waals surface area contributed by atoms with Gasteiger partial charge < -0.3 is 9.47 Å². The smallest absolute Gasteiger partial charge is 0.417 e. The molecule has 0 fully saturated rings. The molecular weight excluding hydrogens is 445 g/mol. The molecule has 0 heterocycles. The summed E-state index contributed by atoms with van der Waals surface area (Å²) in [5.41, 5.74) is -1.12. The average molecular weight is 460 g/mol. The van der Waals surface area contributed by atoms with Gasteiger partial charge in [0.1, 0.15) is 0 Å². The summed E-state index contributed by atoms with van der Waals surface area (Å²) in [4.78, 5) is -0.957. The van der Waals surface area contributed by atoms with Crippen LogP contribution >= 0.6 is 11.6 Å². The van der Waals surface area contributed by atoms with Crippen LogP contribution in [-0.4, -0.2) is 33.5 Å². The highest BCUT2D eigenvalue weighted by atomic mass is 35.5. The minimum absolute atomic E-state index is 0.0870. The molecule has 2 aromatic carbocycles. The number of benzene rings is 2. The van der Waals surface area contributed by atoms with Gasteiger partial charge in [-0.2, -0.15) is 26.3 Å².